The van der Waals surface area contributed by atoms with E-state index in [0.717, 1.165) is 21.2 Å². The smallest absolute Gasteiger partial charge is 0.262 e. The highest BCUT2D eigenvalue weighted by Gasteiger charge is 2.40. The van der Waals surface area contributed by atoms with Crippen LogP contribution < -0.4 is 19.3 Å². The molecule has 6 rings (SSSR count). The van der Waals surface area contributed by atoms with Gasteiger partial charge in [-0.2, -0.15) is 0 Å². The minimum Gasteiger partial charge on any atom is -0.494 e. The van der Waals surface area contributed by atoms with Crippen molar-refractivity contribution in [3.05, 3.63) is 148 Å². The Kier molecular flexibility index (Phi) is 8.65. The van der Waals surface area contributed by atoms with Crippen LogP contribution in [0.25, 0.3) is 0 Å². The second kappa shape index (κ2) is 12.8. The number of ether oxygens (including phenoxy) is 1. The van der Waals surface area contributed by atoms with Crippen molar-refractivity contribution in [1.82, 2.24) is 0 Å². The van der Waals surface area contributed by atoms with Gasteiger partial charge in [0, 0.05) is 22.4 Å². The molecule has 5 aromatic carbocycles. The molecule has 1 aliphatic heterocycles. The summed E-state index contributed by atoms with van der Waals surface area (Å²) in [7, 11) is -4.02. The van der Waals surface area contributed by atoms with E-state index in [1.54, 1.807) is 41.3 Å². The van der Waals surface area contributed by atoms with E-state index in [0.29, 0.717) is 41.5 Å². The fourth-order valence-electron chi connectivity index (χ4n) is 5.50. The zero-order valence-electron chi connectivity index (χ0n) is 24.9. The maximum Gasteiger partial charge on any atom is 0.262 e. The van der Waals surface area contributed by atoms with Crippen molar-refractivity contribution in [2.45, 2.75) is 31.5 Å². The highest BCUT2D eigenvalue weighted by Crippen LogP contribution is 2.43. The number of carbonyl (C=O) groups excluding carboxylic acids is 1. The Morgan fingerprint density at radius 2 is 1.53 bits per heavy atom. The van der Waals surface area contributed by atoms with Crippen LogP contribution in [0.15, 0.2) is 131 Å². The number of benzene rings is 5. The van der Waals surface area contributed by atoms with Crippen molar-refractivity contribution in [1.29, 1.82) is 0 Å². The van der Waals surface area contributed by atoms with Crippen molar-refractivity contribution in [2.24, 2.45) is 0 Å². The summed E-state index contributed by atoms with van der Waals surface area (Å²) >= 11 is 3.54. The van der Waals surface area contributed by atoms with E-state index in [9.17, 15) is 13.2 Å². The lowest BCUT2D eigenvalue weighted by Crippen LogP contribution is -2.49. The number of nitrogens with zero attached hydrogens (tertiary/aromatic N) is 2. The van der Waals surface area contributed by atoms with Gasteiger partial charge in [0.05, 0.1) is 22.8 Å². The first-order valence-corrected chi connectivity index (χ1v) is 16.9. The molecule has 1 aliphatic rings. The van der Waals surface area contributed by atoms with Crippen molar-refractivity contribution in [2.75, 3.05) is 21.1 Å². The number of fused-ring (bicyclic) bond motifs is 1. The van der Waals surface area contributed by atoms with Crippen molar-refractivity contribution >= 4 is 48.9 Å². The molecular weight excluding hydrogens is 650 g/mol. The maximum absolute atomic E-state index is 14.5. The van der Waals surface area contributed by atoms with Gasteiger partial charge in [0.2, 0.25) is 0 Å². The van der Waals surface area contributed by atoms with Crippen molar-refractivity contribution < 1.29 is 17.9 Å². The number of aryl methyl sites for hydroxylation is 1. The van der Waals surface area contributed by atoms with Crippen molar-refractivity contribution in [3.63, 3.8) is 0 Å². The van der Waals surface area contributed by atoms with Crippen LogP contribution in [0.4, 0.5) is 17.1 Å². The van der Waals surface area contributed by atoms with Crippen LogP contribution in [0, 0.1) is 6.92 Å². The Hall–Kier alpha value is -4.60. The highest BCUT2D eigenvalue weighted by molar-refractivity contribution is 9.10. The Labute approximate surface area is 272 Å². The van der Waals surface area contributed by atoms with E-state index >= 15 is 0 Å². The molecule has 0 saturated heterocycles. The molecule has 0 saturated carbocycles. The predicted molar refractivity (Wildman–Crippen MR) is 182 cm³/mol. The van der Waals surface area contributed by atoms with E-state index in [1.807, 2.05) is 92.7 Å². The van der Waals surface area contributed by atoms with Gasteiger partial charge >= 0.3 is 0 Å². The molecule has 7 nitrogen and oxygen atoms in total. The van der Waals surface area contributed by atoms with E-state index in [1.165, 1.54) is 6.07 Å². The van der Waals surface area contributed by atoms with E-state index in [-0.39, 0.29) is 10.8 Å². The number of hydrogen-bond donors (Lipinski definition) is 1. The second-order valence-corrected chi connectivity index (χ2v) is 13.4. The van der Waals surface area contributed by atoms with Crippen LogP contribution in [0.5, 0.6) is 5.75 Å². The Bertz CT molecular complexity index is 1920. The Morgan fingerprint density at radius 3 is 2.20 bits per heavy atom. The molecule has 0 aromatic heterocycles. The van der Waals surface area contributed by atoms with Crippen LogP contribution in [0.2, 0.25) is 0 Å². The summed E-state index contributed by atoms with van der Waals surface area (Å²) in [5.74, 6) is 0.360. The molecule has 228 valence electrons. The van der Waals surface area contributed by atoms with Crippen LogP contribution in [0.1, 0.15) is 40.1 Å². The third kappa shape index (κ3) is 6.45. The third-order valence-electron chi connectivity index (χ3n) is 7.67. The zero-order valence-corrected chi connectivity index (χ0v) is 27.3. The minimum atomic E-state index is -4.02. The largest absolute Gasteiger partial charge is 0.494 e. The van der Waals surface area contributed by atoms with Crippen LogP contribution in [-0.4, -0.2) is 20.9 Å². The molecule has 1 heterocycles. The molecule has 1 N–H and O–H groups in total. The average molecular weight is 683 g/mol. The first-order valence-electron chi connectivity index (χ1n) is 14.6. The van der Waals surface area contributed by atoms with Gasteiger partial charge in [-0.3, -0.25) is 14.4 Å². The van der Waals surface area contributed by atoms with E-state index < -0.39 is 16.2 Å². The molecule has 0 radical (unpaired) electrons. The van der Waals surface area contributed by atoms with Crippen LogP contribution in [0.3, 0.4) is 0 Å². The summed E-state index contributed by atoms with van der Waals surface area (Å²) in [5.41, 5.74) is 5.10. The molecule has 0 bridgehead atoms. The minimum absolute atomic E-state index is 0.00547. The maximum atomic E-state index is 14.5. The highest BCUT2D eigenvalue weighted by atomic mass is 79.9. The fraction of sp³-hybridized carbons (Fsp3) is 0.139. The summed E-state index contributed by atoms with van der Waals surface area (Å²) in [6.45, 7) is 4.88. The van der Waals surface area contributed by atoms with Gasteiger partial charge < -0.3 is 9.64 Å². The number of anilines is 3. The first kappa shape index (κ1) is 30.4. The number of sulfonamides is 1. The van der Waals surface area contributed by atoms with E-state index in [2.05, 4.69) is 25.6 Å². The number of rotatable bonds is 9. The SMILES string of the molecule is CCOc1ccc(NS(=O)(=O)c2ccc3c(c2)C(=O)N(c2ccc(C)cc2)[C@H](c2ccc(Br)cc2)N3Cc2ccccc2)cc1. The lowest BCUT2D eigenvalue weighted by atomic mass is 9.99. The van der Waals surface area contributed by atoms with Crippen molar-refractivity contribution in [3.8, 4) is 5.75 Å². The summed E-state index contributed by atoms with van der Waals surface area (Å²) in [6.07, 6.45) is -0.495. The molecule has 0 aliphatic carbocycles. The summed E-state index contributed by atoms with van der Waals surface area (Å²) in [5, 5.41) is 0. The average Bonchev–Trinajstić information content (AvgIpc) is 3.04. The molecule has 1 amide bonds. The van der Waals surface area contributed by atoms with Gasteiger partial charge in [-0.1, -0.05) is 76.1 Å². The lowest BCUT2D eigenvalue weighted by molar-refractivity contribution is 0.0968. The Balaban J connectivity index is 1.48. The normalized spacial score (nSPS) is 14.6. The topological polar surface area (TPSA) is 78.9 Å². The van der Waals surface area contributed by atoms with E-state index in [4.69, 9.17) is 4.74 Å². The van der Waals surface area contributed by atoms with Gasteiger partial charge in [0.1, 0.15) is 11.9 Å². The zero-order chi connectivity index (χ0) is 31.6. The van der Waals surface area contributed by atoms with Gasteiger partial charge in [0.15, 0.2) is 0 Å². The number of nitrogens with one attached hydrogen (secondary N) is 1. The first-order chi connectivity index (χ1) is 21.7. The number of hydrogen-bond acceptors (Lipinski definition) is 5. The molecule has 0 unspecified atom stereocenters. The molecule has 0 spiro atoms. The molecular formula is C36H32BrN3O4S. The van der Waals surface area contributed by atoms with Crippen LogP contribution >= 0.6 is 15.9 Å². The fourth-order valence-corrected chi connectivity index (χ4v) is 6.84. The number of amides is 1. The molecule has 0 fully saturated rings. The Morgan fingerprint density at radius 1 is 0.844 bits per heavy atom. The standard InChI is InChI=1S/C36H32BrN3O4S/c1-3-44-31-19-15-29(16-20-31)38-45(42,43)32-21-22-34-33(23-32)36(41)40(30-17-9-25(2)10-18-30)35(27-11-13-28(37)14-12-27)39(34)24-26-7-5-4-6-8-26/h4-23,35,38H,3,24H2,1-2H3/t35-/m1/s1. The summed E-state index contributed by atoms with van der Waals surface area (Å²) in [6, 6.07) is 37.3. The van der Waals surface area contributed by atoms with Gasteiger partial charge in [0.25, 0.3) is 15.9 Å². The quantitative estimate of drug-likeness (QED) is 0.169. The number of carbonyl (C=O) groups is 1. The summed E-state index contributed by atoms with van der Waals surface area (Å²) < 4.78 is 36.2. The monoisotopic (exact) mass is 681 g/mol. The molecule has 45 heavy (non-hydrogen) atoms. The molecule has 9 heteroatoms. The summed E-state index contributed by atoms with van der Waals surface area (Å²) in [4.78, 5) is 18.5. The number of halogens is 1. The molecule has 1 atom stereocenters. The predicted octanol–water partition coefficient (Wildman–Crippen LogP) is 8.32. The van der Waals surface area contributed by atoms with Gasteiger partial charge in [-0.05, 0) is 91.7 Å². The second-order valence-electron chi connectivity index (χ2n) is 10.8. The molecule has 5 aromatic rings. The lowest BCUT2D eigenvalue weighted by Gasteiger charge is -2.46. The van der Waals surface area contributed by atoms with Gasteiger partial charge in [-0.15, -0.1) is 0 Å². The third-order valence-corrected chi connectivity index (χ3v) is 9.58. The van der Waals surface area contributed by atoms with Crippen LogP contribution in [-0.2, 0) is 16.6 Å². The van der Waals surface area contributed by atoms with Gasteiger partial charge in [-0.25, -0.2) is 8.42 Å².